The molecule has 0 spiro atoms. The first-order chi connectivity index (χ1) is 7.42. The lowest BCUT2D eigenvalue weighted by Gasteiger charge is -2.07. The molecule has 16 heavy (non-hydrogen) atoms. The van der Waals surface area contributed by atoms with Crippen molar-refractivity contribution in [1.29, 1.82) is 0 Å². The molecule has 88 valence electrons. The third-order valence-electron chi connectivity index (χ3n) is 1.47. The van der Waals surface area contributed by atoms with Crippen molar-refractivity contribution in [2.75, 3.05) is 0 Å². The van der Waals surface area contributed by atoms with Gasteiger partial charge in [-0.2, -0.15) is 8.42 Å². The van der Waals surface area contributed by atoms with E-state index in [1.807, 2.05) is 0 Å². The Hall–Kier alpha value is -1.68. The SMILES string of the molecule is NC(=NS(=O)(=O)c1ccccc1)NN(O)O. The predicted octanol–water partition coefficient (Wildman–Crippen LogP) is -0.725. The van der Waals surface area contributed by atoms with Gasteiger partial charge in [-0.1, -0.05) is 18.2 Å². The number of rotatable bonds is 3. The maximum atomic E-state index is 11.5. The van der Waals surface area contributed by atoms with Gasteiger partial charge in [0.05, 0.1) is 4.90 Å². The fourth-order valence-electron chi connectivity index (χ4n) is 0.898. The summed E-state index contributed by atoms with van der Waals surface area (Å²) >= 11 is 0. The monoisotopic (exact) mass is 246 g/mol. The third kappa shape index (κ3) is 3.47. The number of nitrogens with two attached hydrogens (primary N) is 1. The summed E-state index contributed by atoms with van der Waals surface area (Å²) in [6.45, 7) is 0. The van der Waals surface area contributed by atoms with Crippen LogP contribution in [0.3, 0.4) is 0 Å². The van der Waals surface area contributed by atoms with Crippen LogP contribution in [0.25, 0.3) is 0 Å². The average Bonchev–Trinajstić information content (AvgIpc) is 2.16. The number of guanidine groups is 1. The first kappa shape index (κ1) is 12.4. The van der Waals surface area contributed by atoms with Gasteiger partial charge in [0.25, 0.3) is 10.0 Å². The first-order valence-corrected chi connectivity index (χ1v) is 5.46. The minimum atomic E-state index is -3.95. The molecule has 0 atom stereocenters. The van der Waals surface area contributed by atoms with E-state index in [0.29, 0.717) is 0 Å². The highest BCUT2D eigenvalue weighted by Gasteiger charge is 2.13. The zero-order valence-corrected chi connectivity index (χ0v) is 8.79. The molecular formula is C7H10N4O4S. The Bertz CT molecular complexity index is 470. The molecule has 0 aliphatic heterocycles. The Morgan fingerprint density at radius 1 is 1.31 bits per heavy atom. The van der Waals surface area contributed by atoms with Crippen LogP contribution in [0.5, 0.6) is 0 Å². The summed E-state index contributed by atoms with van der Waals surface area (Å²) in [6, 6.07) is 7.36. The Balaban J connectivity index is 2.97. The molecule has 0 amide bonds. The van der Waals surface area contributed by atoms with Gasteiger partial charge in [0.15, 0.2) is 0 Å². The third-order valence-corrected chi connectivity index (χ3v) is 2.78. The van der Waals surface area contributed by atoms with Gasteiger partial charge in [0.1, 0.15) is 0 Å². The topological polar surface area (TPSA) is 128 Å². The lowest BCUT2D eigenvalue weighted by atomic mass is 10.4. The van der Waals surface area contributed by atoms with Gasteiger partial charge in [-0.05, 0) is 12.1 Å². The van der Waals surface area contributed by atoms with Gasteiger partial charge in [-0.25, -0.2) is 5.43 Å². The van der Waals surface area contributed by atoms with Crippen LogP contribution in [0.1, 0.15) is 0 Å². The molecule has 0 saturated carbocycles. The largest absolute Gasteiger partial charge is 0.368 e. The van der Waals surface area contributed by atoms with Gasteiger partial charge in [-0.3, -0.25) is 10.4 Å². The molecule has 0 fully saturated rings. The normalized spacial score (nSPS) is 12.8. The number of sulfonamides is 1. The molecule has 0 aliphatic rings. The molecule has 0 bridgehead atoms. The molecule has 9 heteroatoms. The van der Waals surface area contributed by atoms with Crippen molar-refractivity contribution >= 4 is 16.0 Å². The molecule has 8 nitrogen and oxygen atoms in total. The van der Waals surface area contributed by atoms with Gasteiger partial charge < -0.3 is 5.73 Å². The second-order valence-electron chi connectivity index (χ2n) is 2.67. The van der Waals surface area contributed by atoms with Crippen LogP contribution in [0.2, 0.25) is 0 Å². The Morgan fingerprint density at radius 2 is 1.88 bits per heavy atom. The second-order valence-corrected chi connectivity index (χ2v) is 4.27. The summed E-state index contributed by atoms with van der Waals surface area (Å²) in [5.41, 5.74) is 6.76. The number of nitrogens with zero attached hydrogens (tertiary/aromatic N) is 2. The molecule has 5 N–H and O–H groups in total. The molecular weight excluding hydrogens is 236 g/mol. The maximum absolute atomic E-state index is 11.5. The van der Waals surface area contributed by atoms with Crippen LogP contribution < -0.4 is 11.2 Å². The molecule has 0 radical (unpaired) electrons. The van der Waals surface area contributed by atoms with Gasteiger partial charge >= 0.3 is 0 Å². The van der Waals surface area contributed by atoms with E-state index >= 15 is 0 Å². The molecule has 1 aromatic carbocycles. The summed E-state index contributed by atoms with van der Waals surface area (Å²) in [5.74, 6) is -0.672. The molecule has 0 heterocycles. The van der Waals surface area contributed by atoms with Crippen LogP contribution in [0.15, 0.2) is 39.6 Å². The van der Waals surface area contributed by atoms with Gasteiger partial charge in [0.2, 0.25) is 5.96 Å². The highest BCUT2D eigenvalue weighted by atomic mass is 32.2. The minimum absolute atomic E-state index is 0.0535. The van der Waals surface area contributed by atoms with E-state index < -0.39 is 21.3 Å². The lowest BCUT2D eigenvalue weighted by Crippen LogP contribution is -2.42. The smallest absolute Gasteiger partial charge is 0.285 e. The fraction of sp³-hybridized carbons (Fsp3) is 0. The van der Waals surface area contributed by atoms with Gasteiger partial charge in [-0.15, -0.1) is 4.40 Å². The van der Waals surface area contributed by atoms with E-state index in [0.717, 1.165) is 0 Å². The summed E-state index contributed by atoms with van der Waals surface area (Å²) < 4.78 is 26.2. The van der Waals surface area contributed by atoms with Gasteiger partial charge in [0, 0.05) is 5.34 Å². The summed E-state index contributed by atoms with van der Waals surface area (Å²) in [7, 11) is -3.95. The quantitative estimate of drug-likeness (QED) is 0.314. The van der Waals surface area contributed by atoms with Crippen LogP contribution in [-0.4, -0.2) is 30.1 Å². The molecule has 1 aromatic rings. The standard InChI is InChI=1S/C7H10N4O4S/c8-7(9-11(12)13)10-16(14,15)6-4-2-1-3-5-6/h1-5,12-13H,(H3,8,9,10). The van der Waals surface area contributed by atoms with E-state index in [-0.39, 0.29) is 4.90 Å². The Labute approximate surface area is 91.6 Å². The van der Waals surface area contributed by atoms with Crippen molar-refractivity contribution in [3.63, 3.8) is 0 Å². The lowest BCUT2D eigenvalue weighted by molar-refractivity contribution is -0.329. The van der Waals surface area contributed by atoms with E-state index in [9.17, 15) is 8.42 Å². The summed E-state index contributed by atoms with van der Waals surface area (Å²) in [4.78, 5) is -0.0535. The molecule has 0 saturated heterocycles. The highest BCUT2D eigenvalue weighted by Crippen LogP contribution is 2.10. The van der Waals surface area contributed by atoms with Crippen molar-refractivity contribution in [2.24, 2.45) is 10.1 Å². The number of nitrogens with one attached hydrogen (secondary N) is 1. The van der Waals surface area contributed by atoms with E-state index in [1.54, 1.807) is 11.5 Å². The van der Waals surface area contributed by atoms with Crippen molar-refractivity contribution in [2.45, 2.75) is 4.90 Å². The Kier molecular flexibility index (Phi) is 3.79. The molecule has 1 rings (SSSR count). The zero-order valence-electron chi connectivity index (χ0n) is 7.98. The second kappa shape index (κ2) is 4.90. The summed E-state index contributed by atoms with van der Waals surface area (Å²) in [6.07, 6.45) is 0. The van der Waals surface area contributed by atoms with E-state index in [1.165, 1.54) is 24.3 Å². The van der Waals surface area contributed by atoms with Crippen molar-refractivity contribution in [1.82, 2.24) is 10.8 Å². The van der Waals surface area contributed by atoms with Crippen LogP contribution in [-0.2, 0) is 10.0 Å². The van der Waals surface area contributed by atoms with Crippen LogP contribution in [0, 0.1) is 0 Å². The van der Waals surface area contributed by atoms with Crippen molar-refractivity contribution in [3.05, 3.63) is 30.3 Å². The van der Waals surface area contributed by atoms with Crippen molar-refractivity contribution < 1.29 is 18.8 Å². The minimum Gasteiger partial charge on any atom is -0.368 e. The number of hydrogen-bond acceptors (Lipinski definition) is 5. The van der Waals surface area contributed by atoms with E-state index in [2.05, 4.69) is 4.40 Å². The molecule has 0 aliphatic carbocycles. The summed E-state index contributed by atoms with van der Waals surface area (Å²) in [5, 5.41) is 16.1. The van der Waals surface area contributed by atoms with Crippen molar-refractivity contribution in [3.8, 4) is 0 Å². The zero-order chi connectivity index (χ0) is 12.2. The first-order valence-electron chi connectivity index (χ1n) is 4.02. The molecule has 0 unspecified atom stereocenters. The number of hydrogen-bond donors (Lipinski definition) is 4. The average molecular weight is 246 g/mol. The molecule has 0 aromatic heterocycles. The predicted molar refractivity (Wildman–Crippen MR) is 53.8 cm³/mol. The van der Waals surface area contributed by atoms with Crippen LogP contribution in [0.4, 0.5) is 0 Å². The highest BCUT2D eigenvalue weighted by molar-refractivity contribution is 7.90. The maximum Gasteiger partial charge on any atom is 0.285 e. The number of hydrazine groups is 1. The fourth-order valence-corrected chi connectivity index (χ4v) is 1.80. The van der Waals surface area contributed by atoms with Crippen LogP contribution >= 0.6 is 0 Å². The number of benzene rings is 1. The Morgan fingerprint density at radius 3 is 2.38 bits per heavy atom. The van der Waals surface area contributed by atoms with E-state index in [4.69, 9.17) is 16.1 Å².